The third kappa shape index (κ3) is 3.02. The van der Waals surface area contributed by atoms with E-state index in [2.05, 4.69) is 15.9 Å². The molecular weight excluding hydrogens is 351 g/mol. The summed E-state index contributed by atoms with van der Waals surface area (Å²) in [4.78, 5) is -0.132. The van der Waals surface area contributed by atoms with E-state index < -0.39 is 15.8 Å². The Kier molecular flexibility index (Phi) is 4.17. The molecule has 1 aromatic carbocycles. The highest BCUT2D eigenvalue weighted by Crippen LogP contribution is 2.24. The molecule has 0 bridgehead atoms. The van der Waals surface area contributed by atoms with Gasteiger partial charge in [0.2, 0.25) is 10.0 Å². The van der Waals surface area contributed by atoms with Crippen LogP contribution in [0.1, 0.15) is 5.76 Å². The normalized spacial score (nSPS) is 12.0. The van der Waals surface area contributed by atoms with Crippen molar-refractivity contribution in [2.75, 3.05) is 12.8 Å². The van der Waals surface area contributed by atoms with Gasteiger partial charge in [-0.15, -0.1) is 0 Å². The van der Waals surface area contributed by atoms with Gasteiger partial charge in [-0.2, -0.15) is 4.31 Å². The lowest BCUT2D eigenvalue weighted by atomic mass is 10.3. The molecule has 0 saturated carbocycles. The summed E-state index contributed by atoms with van der Waals surface area (Å²) >= 11 is 3.14. The van der Waals surface area contributed by atoms with Crippen molar-refractivity contribution in [2.45, 2.75) is 11.4 Å². The van der Waals surface area contributed by atoms with Gasteiger partial charge in [0.1, 0.15) is 16.5 Å². The van der Waals surface area contributed by atoms with E-state index in [-0.39, 0.29) is 17.1 Å². The standard InChI is InChI=1S/C12H12BrFN2O3S/c1-16(7-9-3-5-12(13)19-9)20(17,18)11-4-2-8(14)6-10(11)15/h2-6H,7,15H2,1H3. The molecule has 0 amide bonds. The highest BCUT2D eigenvalue weighted by atomic mass is 79.9. The number of hydrogen-bond donors (Lipinski definition) is 1. The molecule has 0 aliphatic heterocycles. The summed E-state index contributed by atoms with van der Waals surface area (Å²) in [6.07, 6.45) is 0. The van der Waals surface area contributed by atoms with E-state index in [1.54, 1.807) is 12.1 Å². The molecule has 20 heavy (non-hydrogen) atoms. The predicted octanol–water partition coefficient (Wildman–Crippen LogP) is 2.58. The molecule has 0 spiro atoms. The molecule has 8 heteroatoms. The predicted molar refractivity (Wildman–Crippen MR) is 75.9 cm³/mol. The molecule has 0 aliphatic carbocycles. The largest absolute Gasteiger partial charge is 0.453 e. The van der Waals surface area contributed by atoms with Crippen LogP contribution in [0.2, 0.25) is 0 Å². The van der Waals surface area contributed by atoms with Crippen molar-refractivity contribution in [3.63, 3.8) is 0 Å². The van der Waals surface area contributed by atoms with Crippen molar-refractivity contribution < 1.29 is 17.2 Å². The average molecular weight is 363 g/mol. The van der Waals surface area contributed by atoms with Crippen LogP contribution in [0.3, 0.4) is 0 Å². The summed E-state index contributed by atoms with van der Waals surface area (Å²) in [5, 5.41) is 0. The number of nitrogens with zero attached hydrogens (tertiary/aromatic N) is 1. The molecule has 1 aromatic heterocycles. The van der Waals surface area contributed by atoms with Gasteiger partial charge < -0.3 is 10.2 Å². The number of hydrogen-bond acceptors (Lipinski definition) is 4. The zero-order valence-corrected chi connectivity index (χ0v) is 12.9. The molecule has 2 aromatic rings. The Balaban J connectivity index is 2.29. The molecule has 0 saturated heterocycles. The fraction of sp³-hybridized carbons (Fsp3) is 0.167. The van der Waals surface area contributed by atoms with Crippen LogP contribution in [0.25, 0.3) is 0 Å². The summed E-state index contributed by atoms with van der Waals surface area (Å²) in [6, 6.07) is 6.51. The van der Waals surface area contributed by atoms with Gasteiger partial charge in [-0.25, -0.2) is 12.8 Å². The van der Waals surface area contributed by atoms with E-state index in [9.17, 15) is 12.8 Å². The van der Waals surface area contributed by atoms with Crippen molar-refractivity contribution in [1.29, 1.82) is 0 Å². The molecule has 1 heterocycles. The second kappa shape index (κ2) is 5.55. The first-order valence-corrected chi connectivity index (χ1v) is 7.79. The Morgan fingerprint density at radius 2 is 2.05 bits per heavy atom. The summed E-state index contributed by atoms with van der Waals surface area (Å²) in [5.74, 6) is -0.109. The minimum atomic E-state index is -3.81. The SMILES string of the molecule is CN(Cc1ccc(Br)o1)S(=O)(=O)c1ccc(F)cc1N. The van der Waals surface area contributed by atoms with Crippen molar-refractivity contribution in [1.82, 2.24) is 4.31 Å². The van der Waals surface area contributed by atoms with Crippen LogP contribution in [-0.4, -0.2) is 19.8 Å². The van der Waals surface area contributed by atoms with Gasteiger partial charge in [0.25, 0.3) is 0 Å². The molecular formula is C12H12BrFN2O3S. The van der Waals surface area contributed by atoms with Crippen molar-refractivity contribution >= 4 is 31.6 Å². The Morgan fingerprint density at radius 3 is 2.60 bits per heavy atom. The van der Waals surface area contributed by atoms with E-state index >= 15 is 0 Å². The number of benzene rings is 1. The molecule has 2 rings (SSSR count). The molecule has 0 unspecified atom stereocenters. The molecule has 2 N–H and O–H groups in total. The maximum absolute atomic E-state index is 13.0. The Bertz CT molecular complexity index is 730. The molecule has 0 fully saturated rings. The third-order valence-electron chi connectivity index (χ3n) is 2.67. The van der Waals surface area contributed by atoms with Gasteiger partial charge in [-0.05, 0) is 46.3 Å². The van der Waals surface area contributed by atoms with Gasteiger partial charge in [-0.3, -0.25) is 0 Å². The zero-order chi connectivity index (χ0) is 14.9. The Labute approximate surface area is 124 Å². The fourth-order valence-electron chi connectivity index (χ4n) is 1.66. The maximum atomic E-state index is 13.0. The van der Waals surface area contributed by atoms with Crippen LogP contribution in [-0.2, 0) is 16.6 Å². The van der Waals surface area contributed by atoms with E-state index in [1.165, 1.54) is 7.05 Å². The molecule has 5 nitrogen and oxygen atoms in total. The monoisotopic (exact) mass is 362 g/mol. The fourth-order valence-corrected chi connectivity index (χ4v) is 3.23. The van der Waals surface area contributed by atoms with Gasteiger partial charge in [0.15, 0.2) is 4.67 Å². The van der Waals surface area contributed by atoms with Gasteiger partial charge in [-0.1, -0.05) is 0 Å². The highest BCUT2D eigenvalue weighted by Gasteiger charge is 2.24. The number of furan rings is 1. The third-order valence-corrected chi connectivity index (χ3v) is 4.97. The second-order valence-corrected chi connectivity index (χ2v) is 6.94. The van der Waals surface area contributed by atoms with E-state index in [0.29, 0.717) is 10.4 Å². The Hall–Kier alpha value is -1.38. The minimum absolute atomic E-state index is 0.0464. The number of anilines is 1. The molecule has 0 atom stereocenters. The minimum Gasteiger partial charge on any atom is -0.453 e. The Morgan fingerprint density at radius 1 is 1.35 bits per heavy atom. The quantitative estimate of drug-likeness (QED) is 0.848. The molecule has 0 aliphatic rings. The van der Waals surface area contributed by atoms with Crippen LogP contribution in [0, 0.1) is 5.82 Å². The lowest BCUT2D eigenvalue weighted by Gasteiger charge is -2.17. The summed E-state index contributed by atoms with van der Waals surface area (Å²) in [7, 11) is -2.41. The highest BCUT2D eigenvalue weighted by molar-refractivity contribution is 9.10. The number of halogens is 2. The van der Waals surface area contributed by atoms with Crippen LogP contribution in [0.4, 0.5) is 10.1 Å². The van der Waals surface area contributed by atoms with Crippen LogP contribution >= 0.6 is 15.9 Å². The molecule has 0 radical (unpaired) electrons. The number of rotatable bonds is 4. The van der Waals surface area contributed by atoms with Gasteiger partial charge >= 0.3 is 0 Å². The van der Waals surface area contributed by atoms with Crippen LogP contribution < -0.4 is 5.73 Å². The zero-order valence-electron chi connectivity index (χ0n) is 10.5. The van der Waals surface area contributed by atoms with Crippen LogP contribution in [0.15, 0.2) is 44.3 Å². The lowest BCUT2D eigenvalue weighted by molar-refractivity contribution is 0.398. The van der Waals surface area contributed by atoms with Crippen molar-refractivity contribution in [3.8, 4) is 0 Å². The lowest BCUT2D eigenvalue weighted by Crippen LogP contribution is -2.27. The van der Waals surface area contributed by atoms with Crippen molar-refractivity contribution in [2.24, 2.45) is 0 Å². The molecule has 108 valence electrons. The second-order valence-electron chi connectivity index (χ2n) is 4.15. The number of nitrogens with two attached hydrogens (primary N) is 1. The van der Waals surface area contributed by atoms with E-state index in [4.69, 9.17) is 10.2 Å². The van der Waals surface area contributed by atoms with Gasteiger partial charge in [0, 0.05) is 7.05 Å². The summed E-state index contributed by atoms with van der Waals surface area (Å²) < 4.78 is 44.5. The van der Waals surface area contributed by atoms with Crippen LogP contribution in [0.5, 0.6) is 0 Å². The first-order chi connectivity index (χ1) is 9.30. The maximum Gasteiger partial charge on any atom is 0.245 e. The summed E-state index contributed by atoms with van der Waals surface area (Å²) in [5.41, 5.74) is 5.44. The summed E-state index contributed by atoms with van der Waals surface area (Å²) in [6.45, 7) is 0.0464. The topological polar surface area (TPSA) is 76.5 Å². The first kappa shape index (κ1) is 15.0. The van der Waals surface area contributed by atoms with Crippen molar-refractivity contribution in [3.05, 3.63) is 46.6 Å². The smallest absolute Gasteiger partial charge is 0.245 e. The average Bonchev–Trinajstić information content (AvgIpc) is 2.74. The first-order valence-electron chi connectivity index (χ1n) is 5.56. The van der Waals surface area contributed by atoms with E-state index in [0.717, 1.165) is 22.5 Å². The van der Waals surface area contributed by atoms with E-state index in [1.807, 2.05) is 0 Å². The number of sulfonamides is 1. The number of nitrogen functional groups attached to an aromatic ring is 1. The van der Waals surface area contributed by atoms with Gasteiger partial charge in [0.05, 0.1) is 12.2 Å².